The third kappa shape index (κ3) is 8.51. The minimum Gasteiger partial charge on any atom is -0.497 e. The summed E-state index contributed by atoms with van der Waals surface area (Å²) in [4.78, 5) is 38.2. The predicted octanol–water partition coefficient (Wildman–Crippen LogP) is 5.48. The van der Waals surface area contributed by atoms with Crippen LogP contribution in [0.1, 0.15) is 73.4 Å². The lowest BCUT2D eigenvalue weighted by Gasteiger charge is -2.35. The fourth-order valence-electron chi connectivity index (χ4n) is 6.06. The second-order valence-corrected chi connectivity index (χ2v) is 13.0. The van der Waals surface area contributed by atoms with E-state index in [-0.39, 0.29) is 24.8 Å². The van der Waals surface area contributed by atoms with E-state index in [0.717, 1.165) is 55.6 Å². The Hall–Kier alpha value is -4.18. The van der Waals surface area contributed by atoms with Gasteiger partial charge in [-0.3, -0.25) is 14.5 Å². The van der Waals surface area contributed by atoms with E-state index in [1.54, 1.807) is 50.4 Å². The number of aryl methyl sites for hydroxylation is 1. The zero-order valence-corrected chi connectivity index (χ0v) is 26.6. The van der Waals surface area contributed by atoms with Gasteiger partial charge in [-0.1, -0.05) is 0 Å². The number of hydrogen-bond donors (Lipinski definition) is 2. The van der Waals surface area contributed by atoms with Crippen LogP contribution in [0.2, 0.25) is 0 Å². The standard InChI is InChI=1S/C35H44N4O6/c1-23-9-13-36-31(17-23)39(22-35(2,3)43)34(42)28-8-7-27(44-4)19-30(28)38-15-11-24(12-16-38)21-45-32-18-26(10-14-37-32)29(20-33(40)41)25-5-6-25/h7-10,13-14,17-19,24-25,29,43H,5-6,11-12,15-16,20-22H2,1-4H3,(H,40,41). The van der Waals surface area contributed by atoms with Gasteiger partial charge in [0.1, 0.15) is 11.6 Å². The van der Waals surface area contributed by atoms with Crippen molar-refractivity contribution in [2.45, 2.75) is 64.4 Å². The summed E-state index contributed by atoms with van der Waals surface area (Å²) in [5, 5.41) is 20.1. The van der Waals surface area contributed by atoms with Crippen LogP contribution in [0, 0.1) is 18.8 Å². The molecule has 3 aromatic rings. The maximum atomic E-state index is 14.1. The van der Waals surface area contributed by atoms with E-state index in [9.17, 15) is 19.8 Å². The largest absolute Gasteiger partial charge is 0.497 e. The van der Waals surface area contributed by atoms with Gasteiger partial charge >= 0.3 is 5.97 Å². The maximum absolute atomic E-state index is 14.1. The fraction of sp³-hybridized carbons (Fsp3) is 0.486. The third-order valence-corrected chi connectivity index (χ3v) is 8.60. The van der Waals surface area contributed by atoms with Gasteiger partial charge in [-0.2, -0.15) is 0 Å². The fourth-order valence-corrected chi connectivity index (χ4v) is 6.06. The van der Waals surface area contributed by atoms with Crippen molar-refractivity contribution < 1.29 is 29.3 Å². The highest BCUT2D eigenvalue weighted by molar-refractivity contribution is 6.09. The van der Waals surface area contributed by atoms with Crippen LogP contribution in [0.25, 0.3) is 0 Å². The summed E-state index contributed by atoms with van der Waals surface area (Å²) in [5.74, 6) is 1.38. The average Bonchev–Trinajstić information content (AvgIpc) is 3.86. The number of carbonyl (C=O) groups excluding carboxylic acids is 1. The molecular weight excluding hydrogens is 572 g/mol. The SMILES string of the molecule is COc1ccc(C(=O)N(CC(C)(C)O)c2cc(C)ccn2)c(N2CCC(COc3cc(C(CC(=O)O)C4CC4)ccn3)CC2)c1. The van der Waals surface area contributed by atoms with Crippen LogP contribution in [0.3, 0.4) is 0 Å². The molecule has 10 nitrogen and oxygen atoms in total. The van der Waals surface area contributed by atoms with Gasteiger partial charge in [-0.05, 0) is 106 Å². The highest BCUT2D eigenvalue weighted by Crippen LogP contribution is 2.45. The van der Waals surface area contributed by atoms with Crippen LogP contribution >= 0.6 is 0 Å². The first-order chi connectivity index (χ1) is 21.5. The number of benzene rings is 1. The number of aliphatic hydroxyl groups is 1. The molecule has 1 atom stereocenters. The first-order valence-electron chi connectivity index (χ1n) is 15.7. The summed E-state index contributed by atoms with van der Waals surface area (Å²) < 4.78 is 11.7. The number of aromatic nitrogens is 2. The lowest BCUT2D eigenvalue weighted by atomic mass is 9.92. The number of nitrogens with zero attached hydrogens (tertiary/aromatic N) is 4. The smallest absolute Gasteiger partial charge is 0.303 e. The van der Waals surface area contributed by atoms with Gasteiger partial charge in [0.2, 0.25) is 5.88 Å². The van der Waals surface area contributed by atoms with Crippen molar-refractivity contribution in [3.8, 4) is 11.6 Å². The molecule has 5 rings (SSSR count). The number of methoxy groups -OCH3 is 1. The number of carbonyl (C=O) groups is 2. The summed E-state index contributed by atoms with van der Waals surface area (Å²) in [6, 6.07) is 13.0. The Kier molecular flexibility index (Phi) is 9.92. The number of carboxylic acid groups (broad SMARTS) is 1. The number of ether oxygens (including phenoxy) is 2. The average molecular weight is 617 g/mol. The van der Waals surface area contributed by atoms with Gasteiger partial charge in [-0.15, -0.1) is 0 Å². The Morgan fingerprint density at radius 1 is 1.04 bits per heavy atom. The number of aliphatic carboxylic acids is 1. The molecule has 0 spiro atoms. The lowest BCUT2D eigenvalue weighted by molar-refractivity contribution is -0.137. The molecule has 1 saturated heterocycles. The van der Waals surface area contributed by atoms with Crippen LogP contribution < -0.4 is 19.3 Å². The summed E-state index contributed by atoms with van der Waals surface area (Å²) in [7, 11) is 1.61. The molecule has 1 aliphatic carbocycles. The van der Waals surface area contributed by atoms with Crippen LogP contribution in [-0.2, 0) is 4.79 Å². The molecule has 10 heteroatoms. The maximum Gasteiger partial charge on any atom is 0.303 e. The number of hydrogen-bond acceptors (Lipinski definition) is 8. The molecule has 1 aliphatic heterocycles. The van der Waals surface area contributed by atoms with Crippen molar-refractivity contribution in [2.24, 2.45) is 11.8 Å². The molecule has 0 bridgehead atoms. The molecule has 240 valence electrons. The number of pyridine rings is 2. The van der Waals surface area contributed by atoms with Gasteiger partial charge in [-0.25, -0.2) is 9.97 Å². The van der Waals surface area contributed by atoms with Crippen molar-refractivity contribution >= 4 is 23.4 Å². The summed E-state index contributed by atoms with van der Waals surface area (Å²) in [6.07, 6.45) is 7.36. The van der Waals surface area contributed by atoms with E-state index < -0.39 is 11.6 Å². The minimum absolute atomic E-state index is 0.00284. The molecule has 1 amide bonds. The summed E-state index contributed by atoms with van der Waals surface area (Å²) in [5.41, 5.74) is 2.12. The topological polar surface area (TPSA) is 125 Å². The Labute approximate surface area is 265 Å². The molecule has 1 unspecified atom stereocenters. The van der Waals surface area contributed by atoms with E-state index in [1.165, 1.54) is 0 Å². The van der Waals surface area contributed by atoms with Gasteiger partial charge < -0.3 is 24.6 Å². The molecule has 2 fully saturated rings. The van der Waals surface area contributed by atoms with E-state index in [2.05, 4.69) is 14.9 Å². The number of amides is 1. The highest BCUT2D eigenvalue weighted by Gasteiger charge is 2.34. The zero-order chi connectivity index (χ0) is 32.1. The molecule has 3 heterocycles. The molecule has 2 N–H and O–H groups in total. The third-order valence-electron chi connectivity index (χ3n) is 8.60. The molecule has 2 aliphatic rings. The Morgan fingerprint density at radius 2 is 1.78 bits per heavy atom. The van der Waals surface area contributed by atoms with Crippen molar-refractivity contribution in [3.63, 3.8) is 0 Å². The van der Waals surface area contributed by atoms with Gasteiger partial charge in [0, 0.05) is 37.6 Å². The number of piperidine rings is 1. The summed E-state index contributed by atoms with van der Waals surface area (Å²) in [6.45, 7) is 7.36. The van der Waals surface area contributed by atoms with Crippen LogP contribution in [0.5, 0.6) is 11.6 Å². The molecule has 0 radical (unpaired) electrons. The minimum atomic E-state index is -1.13. The predicted molar refractivity (Wildman–Crippen MR) is 172 cm³/mol. The monoisotopic (exact) mass is 616 g/mol. The van der Waals surface area contributed by atoms with Crippen LogP contribution in [-0.4, -0.2) is 71.0 Å². The van der Waals surface area contributed by atoms with Crippen molar-refractivity contribution in [2.75, 3.05) is 43.2 Å². The van der Waals surface area contributed by atoms with Crippen LogP contribution in [0.4, 0.5) is 11.5 Å². The second-order valence-electron chi connectivity index (χ2n) is 13.0. The summed E-state index contributed by atoms with van der Waals surface area (Å²) >= 11 is 0. The van der Waals surface area contributed by atoms with Crippen molar-refractivity contribution in [3.05, 3.63) is 71.5 Å². The first-order valence-corrected chi connectivity index (χ1v) is 15.7. The van der Waals surface area contributed by atoms with Gasteiger partial charge in [0.25, 0.3) is 5.91 Å². The zero-order valence-electron chi connectivity index (χ0n) is 26.6. The molecule has 1 aromatic carbocycles. The van der Waals surface area contributed by atoms with E-state index in [0.29, 0.717) is 41.5 Å². The Balaban J connectivity index is 1.28. The highest BCUT2D eigenvalue weighted by atomic mass is 16.5. The molecule has 1 saturated carbocycles. The van der Waals surface area contributed by atoms with Gasteiger partial charge in [0.15, 0.2) is 0 Å². The van der Waals surface area contributed by atoms with E-state index in [1.807, 2.05) is 37.3 Å². The number of rotatable bonds is 13. The Bertz CT molecular complexity index is 1490. The first kappa shape index (κ1) is 32.2. The molecule has 2 aromatic heterocycles. The van der Waals surface area contributed by atoms with Crippen molar-refractivity contribution in [1.29, 1.82) is 0 Å². The number of carboxylic acids is 1. The normalized spacial score (nSPS) is 16.2. The van der Waals surface area contributed by atoms with E-state index in [4.69, 9.17) is 9.47 Å². The van der Waals surface area contributed by atoms with E-state index >= 15 is 0 Å². The second kappa shape index (κ2) is 13.9. The van der Waals surface area contributed by atoms with Gasteiger partial charge in [0.05, 0.1) is 43.5 Å². The van der Waals surface area contributed by atoms with Crippen LogP contribution in [0.15, 0.2) is 54.9 Å². The number of anilines is 2. The lowest BCUT2D eigenvalue weighted by Crippen LogP contribution is -2.44. The molecule has 45 heavy (non-hydrogen) atoms. The van der Waals surface area contributed by atoms with Crippen molar-refractivity contribution in [1.82, 2.24) is 9.97 Å². The molecular formula is C35H44N4O6. The quantitative estimate of drug-likeness (QED) is 0.257. The Morgan fingerprint density at radius 3 is 2.42 bits per heavy atom.